The number of hydrogen-bond donors (Lipinski definition) is 2. The maximum atomic E-state index is 12.2. The molecule has 1 aromatic heterocycles. The second-order valence-corrected chi connectivity index (χ2v) is 7.68. The number of fused-ring (bicyclic) bond motifs is 1. The minimum Gasteiger partial charge on any atom is -0.484 e. The summed E-state index contributed by atoms with van der Waals surface area (Å²) in [5, 5.41) is 7.53. The topological polar surface area (TPSA) is 92.9 Å². The summed E-state index contributed by atoms with van der Waals surface area (Å²) in [4.78, 5) is 24.2. The molecule has 0 atom stereocenters. The highest BCUT2D eigenvalue weighted by molar-refractivity contribution is 9.10. The maximum absolute atomic E-state index is 12.2. The molecule has 160 valence electrons. The van der Waals surface area contributed by atoms with Crippen molar-refractivity contribution < 1.29 is 18.7 Å². The molecule has 0 saturated carbocycles. The van der Waals surface area contributed by atoms with Crippen LogP contribution in [0.25, 0.3) is 11.0 Å². The van der Waals surface area contributed by atoms with Crippen LogP contribution in [0.15, 0.2) is 92.9 Å². The quantitative estimate of drug-likeness (QED) is 0.281. The summed E-state index contributed by atoms with van der Waals surface area (Å²) in [7, 11) is 0. The number of nitrogens with zero attached hydrogens (tertiary/aromatic N) is 1. The molecule has 2 N–H and O–H groups in total. The van der Waals surface area contributed by atoms with Crippen LogP contribution in [-0.2, 0) is 4.79 Å². The molecule has 7 nitrogen and oxygen atoms in total. The van der Waals surface area contributed by atoms with E-state index in [4.69, 9.17) is 9.15 Å². The van der Waals surface area contributed by atoms with Gasteiger partial charge >= 0.3 is 5.91 Å². The summed E-state index contributed by atoms with van der Waals surface area (Å²) in [6, 6.07) is 23.3. The smallest absolute Gasteiger partial charge is 0.307 e. The Labute approximate surface area is 192 Å². The Kier molecular flexibility index (Phi) is 6.62. The van der Waals surface area contributed by atoms with Gasteiger partial charge in [0.15, 0.2) is 12.4 Å². The molecule has 0 saturated heterocycles. The van der Waals surface area contributed by atoms with Gasteiger partial charge in [-0.1, -0.05) is 34.1 Å². The molecule has 3 aromatic carbocycles. The zero-order chi connectivity index (χ0) is 22.3. The van der Waals surface area contributed by atoms with E-state index in [0.717, 1.165) is 15.4 Å². The van der Waals surface area contributed by atoms with Crippen molar-refractivity contribution in [2.75, 3.05) is 11.9 Å². The molecule has 0 aliphatic rings. The third-order valence-corrected chi connectivity index (χ3v) is 4.88. The molecule has 0 unspecified atom stereocenters. The highest BCUT2D eigenvalue weighted by atomic mass is 79.9. The molecule has 4 aromatic rings. The van der Waals surface area contributed by atoms with E-state index in [1.54, 1.807) is 48.5 Å². The third kappa shape index (κ3) is 5.61. The van der Waals surface area contributed by atoms with Crippen molar-refractivity contribution in [3.05, 3.63) is 94.7 Å². The zero-order valence-corrected chi connectivity index (χ0v) is 18.3. The van der Waals surface area contributed by atoms with Crippen LogP contribution in [0.2, 0.25) is 0 Å². The van der Waals surface area contributed by atoms with E-state index in [1.165, 1.54) is 6.21 Å². The van der Waals surface area contributed by atoms with Gasteiger partial charge < -0.3 is 14.5 Å². The largest absolute Gasteiger partial charge is 0.484 e. The molecule has 0 spiro atoms. The Bertz CT molecular complexity index is 1270. The molecular weight excluding hydrogens is 474 g/mol. The first-order valence-corrected chi connectivity index (χ1v) is 10.5. The minimum atomic E-state index is -0.446. The van der Waals surface area contributed by atoms with Gasteiger partial charge in [0.1, 0.15) is 11.3 Å². The van der Waals surface area contributed by atoms with E-state index in [2.05, 4.69) is 31.8 Å². The number of rotatable bonds is 7. The van der Waals surface area contributed by atoms with E-state index in [0.29, 0.717) is 17.0 Å². The van der Waals surface area contributed by atoms with Crippen molar-refractivity contribution in [2.24, 2.45) is 5.10 Å². The van der Waals surface area contributed by atoms with Crippen molar-refractivity contribution in [1.82, 2.24) is 5.43 Å². The monoisotopic (exact) mass is 491 g/mol. The molecule has 4 rings (SSSR count). The molecule has 0 fully saturated rings. The summed E-state index contributed by atoms with van der Waals surface area (Å²) < 4.78 is 11.9. The lowest BCUT2D eigenvalue weighted by Gasteiger charge is -2.07. The van der Waals surface area contributed by atoms with Gasteiger partial charge in [-0.2, -0.15) is 5.10 Å². The lowest BCUT2D eigenvalue weighted by atomic mass is 10.2. The fraction of sp³-hybridized carbons (Fsp3) is 0.0417. The number of halogens is 1. The minimum absolute atomic E-state index is 0.105. The Morgan fingerprint density at radius 3 is 2.56 bits per heavy atom. The molecular formula is C24H18BrN3O4. The molecule has 0 aliphatic heterocycles. The molecule has 0 bridgehead atoms. The van der Waals surface area contributed by atoms with Crippen LogP contribution in [0.5, 0.6) is 5.75 Å². The predicted molar refractivity (Wildman–Crippen MR) is 126 cm³/mol. The van der Waals surface area contributed by atoms with Gasteiger partial charge in [-0.15, -0.1) is 0 Å². The summed E-state index contributed by atoms with van der Waals surface area (Å²) in [5.74, 6) is 0.0241. The van der Waals surface area contributed by atoms with Gasteiger partial charge in [0.25, 0.3) is 5.91 Å². The number of carbonyl (C=O) groups excluding carboxylic acids is 2. The van der Waals surface area contributed by atoms with Crippen LogP contribution in [-0.4, -0.2) is 24.6 Å². The number of hydrogen-bond acceptors (Lipinski definition) is 5. The van der Waals surface area contributed by atoms with Gasteiger partial charge in [0.05, 0.1) is 6.21 Å². The Morgan fingerprint density at radius 2 is 1.78 bits per heavy atom. The normalized spacial score (nSPS) is 10.9. The second kappa shape index (κ2) is 9.93. The first kappa shape index (κ1) is 21.3. The molecule has 2 amide bonds. The highest BCUT2D eigenvalue weighted by Gasteiger charge is 2.11. The predicted octanol–water partition coefficient (Wildman–Crippen LogP) is 4.98. The average molecular weight is 492 g/mol. The number of para-hydroxylation sites is 1. The van der Waals surface area contributed by atoms with Gasteiger partial charge in [-0.25, -0.2) is 5.43 Å². The van der Waals surface area contributed by atoms with Crippen molar-refractivity contribution in [3.8, 4) is 5.75 Å². The molecule has 0 aliphatic carbocycles. The standard InChI is InChI=1S/C24H18BrN3O4/c25-18-8-11-21-17(12-18)13-22(32-21)24(30)28-26-14-16-6-9-20(10-7-16)31-15-23(29)27-19-4-2-1-3-5-19/h1-14H,15H2,(H,27,29)(H,28,30)/b26-14-. The van der Waals surface area contributed by atoms with E-state index in [9.17, 15) is 9.59 Å². The number of carbonyl (C=O) groups is 2. The van der Waals surface area contributed by atoms with E-state index in [-0.39, 0.29) is 18.3 Å². The number of nitrogens with one attached hydrogen (secondary N) is 2. The Morgan fingerprint density at radius 1 is 1.00 bits per heavy atom. The van der Waals surface area contributed by atoms with Crippen molar-refractivity contribution in [2.45, 2.75) is 0 Å². The van der Waals surface area contributed by atoms with E-state index >= 15 is 0 Å². The van der Waals surface area contributed by atoms with Gasteiger partial charge in [-0.3, -0.25) is 9.59 Å². The highest BCUT2D eigenvalue weighted by Crippen LogP contribution is 2.23. The van der Waals surface area contributed by atoms with Crippen LogP contribution in [0.4, 0.5) is 5.69 Å². The SMILES string of the molecule is O=C(COc1ccc(/C=N\NC(=O)c2cc3cc(Br)ccc3o2)cc1)Nc1ccccc1. The Hall–Kier alpha value is -3.91. The van der Waals surface area contributed by atoms with Crippen LogP contribution in [0, 0.1) is 0 Å². The summed E-state index contributed by atoms with van der Waals surface area (Å²) in [5.41, 5.74) is 4.53. The number of furan rings is 1. The van der Waals surface area contributed by atoms with Gasteiger partial charge in [0, 0.05) is 15.5 Å². The lowest BCUT2D eigenvalue weighted by Crippen LogP contribution is -2.20. The summed E-state index contributed by atoms with van der Waals surface area (Å²) >= 11 is 3.39. The second-order valence-electron chi connectivity index (χ2n) is 6.76. The number of benzene rings is 3. The fourth-order valence-corrected chi connectivity index (χ4v) is 3.24. The van der Waals surface area contributed by atoms with Crippen molar-refractivity contribution in [1.29, 1.82) is 0 Å². The van der Waals surface area contributed by atoms with Crippen LogP contribution < -0.4 is 15.5 Å². The zero-order valence-electron chi connectivity index (χ0n) is 16.7. The van der Waals surface area contributed by atoms with Crippen molar-refractivity contribution in [3.63, 3.8) is 0 Å². The van der Waals surface area contributed by atoms with Crippen molar-refractivity contribution >= 4 is 50.6 Å². The maximum Gasteiger partial charge on any atom is 0.307 e. The molecule has 8 heteroatoms. The molecule has 32 heavy (non-hydrogen) atoms. The first-order chi connectivity index (χ1) is 15.6. The summed E-state index contributed by atoms with van der Waals surface area (Å²) in [6.45, 7) is -0.105. The summed E-state index contributed by atoms with van der Waals surface area (Å²) in [6.07, 6.45) is 1.50. The number of ether oxygens (including phenoxy) is 1. The molecule has 0 radical (unpaired) electrons. The van der Waals surface area contributed by atoms with E-state index < -0.39 is 5.91 Å². The number of anilines is 1. The number of hydrazone groups is 1. The number of amides is 2. The average Bonchev–Trinajstić information content (AvgIpc) is 3.22. The van der Waals surface area contributed by atoms with Crippen LogP contribution in [0.1, 0.15) is 16.1 Å². The molecule has 1 heterocycles. The van der Waals surface area contributed by atoms with Gasteiger partial charge in [0.2, 0.25) is 0 Å². The fourth-order valence-electron chi connectivity index (χ4n) is 2.86. The van der Waals surface area contributed by atoms with E-state index in [1.807, 2.05) is 30.3 Å². The van der Waals surface area contributed by atoms with Gasteiger partial charge in [-0.05, 0) is 66.2 Å². The lowest BCUT2D eigenvalue weighted by molar-refractivity contribution is -0.118. The van der Waals surface area contributed by atoms with Crippen LogP contribution >= 0.6 is 15.9 Å². The Balaban J connectivity index is 1.27. The van der Waals surface area contributed by atoms with Crippen LogP contribution in [0.3, 0.4) is 0 Å². The first-order valence-electron chi connectivity index (χ1n) is 9.67. The third-order valence-electron chi connectivity index (χ3n) is 4.39.